The molecule has 0 saturated heterocycles. The molecule has 27 heavy (non-hydrogen) atoms. The predicted molar refractivity (Wildman–Crippen MR) is 110 cm³/mol. The lowest BCUT2D eigenvalue weighted by Crippen LogP contribution is -2.38. The normalized spacial score (nSPS) is 12.0. The van der Waals surface area contributed by atoms with Gasteiger partial charge in [0.25, 0.3) is 0 Å². The second-order valence-corrected chi connectivity index (χ2v) is 6.10. The lowest BCUT2D eigenvalue weighted by Gasteiger charge is -2.17. The van der Waals surface area contributed by atoms with E-state index in [0.717, 1.165) is 18.1 Å². The van der Waals surface area contributed by atoms with Crippen molar-refractivity contribution in [2.24, 2.45) is 4.99 Å². The van der Waals surface area contributed by atoms with Crippen LogP contribution in [0.25, 0.3) is 0 Å². The van der Waals surface area contributed by atoms with Gasteiger partial charge in [-0.3, -0.25) is 4.99 Å². The largest absolute Gasteiger partial charge is 0.493 e. The highest BCUT2D eigenvalue weighted by Crippen LogP contribution is 2.27. The van der Waals surface area contributed by atoms with Crippen molar-refractivity contribution in [3.05, 3.63) is 59.7 Å². The third-order valence-electron chi connectivity index (χ3n) is 4.17. The zero-order valence-corrected chi connectivity index (χ0v) is 16.2. The molecule has 0 fully saturated rings. The van der Waals surface area contributed by atoms with Crippen LogP contribution in [0.5, 0.6) is 11.5 Å². The van der Waals surface area contributed by atoms with Gasteiger partial charge in [-0.2, -0.15) is 0 Å². The molecule has 0 heterocycles. The SMILES string of the molecule is C#CCOc1cc(CNC(=NC)NCC(C)c2ccccc2)ccc1OC. The Morgan fingerprint density at radius 1 is 1.15 bits per heavy atom. The number of nitrogens with zero attached hydrogens (tertiary/aromatic N) is 1. The molecule has 0 amide bonds. The minimum atomic E-state index is 0.202. The summed E-state index contributed by atoms with van der Waals surface area (Å²) < 4.78 is 10.8. The molecule has 0 aliphatic heterocycles. The Morgan fingerprint density at radius 3 is 2.59 bits per heavy atom. The van der Waals surface area contributed by atoms with Gasteiger partial charge in [0.15, 0.2) is 17.5 Å². The molecule has 2 aromatic carbocycles. The van der Waals surface area contributed by atoms with Crippen molar-refractivity contribution >= 4 is 5.96 Å². The molecular weight excluding hydrogens is 338 g/mol. The molecule has 1 atom stereocenters. The second-order valence-electron chi connectivity index (χ2n) is 6.10. The third kappa shape index (κ3) is 6.27. The molecule has 2 N–H and O–H groups in total. The molecule has 0 aromatic heterocycles. The van der Waals surface area contributed by atoms with E-state index in [1.807, 2.05) is 24.3 Å². The van der Waals surface area contributed by atoms with Gasteiger partial charge in [0.2, 0.25) is 0 Å². The van der Waals surface area contributed by atoms with Crippen LogP contribution in [0.1, 0.15) is 24.0 Å². The summed E-state index contributed by atoms with van der Waals surface area (Å²) in [5, 5.41) is 6.68. The highest BCUT2D eigenvalue weighted by Gasteiger charge is 2.08. The van der Waals surface area contributed by atoms with Crippen LogP contribution in [-0.2, 0) is 6.54 Å². The Balaban J connectivity index is 1.91. The minimum absolute atomic E-state index is 0.202. The van der Waals surface area contributed by atoms with E-state index in [4.69, 9.17) is 15.9 Å². The van der Waals surface area contributed by atoms with Gasteiger partial charge in [0.1, 0.15) is 6.61 Å². The number of ether oxygens (including phenoxy) is 2. The Morgan fingerprint density at radius 2 is 1.93 bits per heavy atom. The monoisotopic (exact) mass is 365 g/mol. The topological polar surface area (TPSA) is 54.9 Å². The van der Waals surface area contributed by atoms with Crippen LogP contribution in [-0.4, -0.2) is 33.3 Å². The van der Waals surface area contributed by atoms with Crippen LogP contribution in [0, 0.1) is 12.3 Å². The number of rotatable bonds is 8. The number of methoxy groups -OCH3 is 1. The first-order chi connectivity index (χ1) is 13.2. The number of guanidine groups is 1. The van der Waals surface area contributed by atoms with Crippen molar-refractivity contribution in [2.45, 2.75) is 19.4 Å². The molecule has 5 nitrogen and oxygen atoms in total. The van der Waals surface area contributed by atoms with Crippen molar-refractivity contribution in [1.29, 1.82) is 0 Å². The first kappa shape index (κ1) is 20.2. The van der Waals surface area contributed by atoms with Crippen LogP contribution < -0.4 is 20.1 Å². The van der Waals surface area contributed by atoms with Gasteiger partial charge in [-0.15, -0.1) is 6.42 Å². The second kappa shape index (κ2) is 10.8. The fourth-order valence-electron chi connectivity index (χ4n) is 2.62. The maximum Gasteiger partial charge on any atom is 0.191 e. The number of aliphatic imine (C=N–C) groups is 1. The molecule has 5 heteroatoms. The van der Waals surface area contributed by atoms with E-state index >= 15 is 0 Å². The van der Waals surface area contributed by atoms with Crippen LogP contribution in [0.3, 0.4) is 0 Å². The number of hydrogen-bond acceptors (Lipinski definition) is 3. The van der Waals surface area contributed by atoms with Crippen molar-refractivity contribution in [3.8, 4) is 23.8 Å². The summed E-state index contributed by atoms with van der Waals surface area (Å²) >= 11 is 0. The zero-order valence-electron chi connectivity index (χ0n) is 16.2. The summed E-state index contributed by atoms with van der Waals surface area (Å²) in [6, 6.07) is 16.2. The number of hydrogen-bond donors (Lipinski definition) is 2. The van der Waals surface area contributed by atoms with Gasteiger partial charge in [0, 0.05) is 20.1 Å². The summed E-state index contributed by atoms with van der Waals surface area (Å²) in [4.78, 5) is 4.29. The first-order valence-corrected chi connectivity index (χ1v) is 8.90. The standard InChI is InChI=1S/C22H27N3O2/c1-5-13-27-21-14-18(11-12-20(21)26-4)16-25-22(23-3)24-15-17(2)19-9-7-6-8-10-19/h1,6-12,14,17H,13,15-16H2,2-4H3,(H2,23,24,25). The van der Waals surface area contributed by atoms with Gasteiger partial charge in [0.05, 0.1) is 7.11 Å². The molecule has 0 aliphatic carbocycles. The van der Waals surface area contributed by atoms with E-state index in [0.29, 0.717) is 24.0 Å². The molecule has 2 aromatic rings. The number of benzene rings is 2. The van der Waals surface area contributed by atoms with Gasteiger partial charge in [-0.05, 0) is 29.2 Å². The van der Waals surface area contributed by atoms with Crippen LogP contribution in [0.2, 0.25) is 0 Å². The van der Waals surface area contributed by atoms with Gasteiger partial charge in [-0.1, -0.05) is 49.2 Å². The lowest BCUT2D eigenvalue weighted by molar-refractivity contribution is 0.330. The average molecular weight is 365 g/mol. The summed E-state index contributed by atoms with van der Waals surface area (Å²) in [5.74, 6) is 4.89. The Labute approximate surface area is 161 Å². The molecule has 0 bridgehead atoms. The quantitative estimate of drug-likeness (QED) is 0.429. The molecule has 142 valence electrons. The Bertz CT molecular complexity index is 782. The summed E-state index contributed by atoms with van der Waals surface area (Å²) in [7, 11) is 3.37. The minimum Gasteiger partial charge on any atom is -0.493 e. The van der Waals surface area contributed by atoms with E-state index in [-0.39, 0.29) is 6.61 Å². The van der Waals surface area contributed by atoms with Crippen molar-refractivity contribution < 1.29 is 9.47 Å². The van der Waals surface area contributed by atoms with E-state index < -0.39 is 0 Å². The highest BCUT2D eigenvalue weighted by molar-refractivity contribution is 5.79. The van der Waals surface area contributed by atoms with Crippen molar-refractivity contribution in [1.82, 2.24) is 10.6 Å². The summed E-state index contributed by atoms with van der Waals surface area (Å²) in [5.41, 5.74) is 2.34. The zero-order chi connectivity index (χ0) is 19.5. The fraction of sp³-hybridized carbons (Fsp3) is 0.318. The molecule has 0 aliphatic rings. The Kier molecular flexibility index (Phi) is 8.05. The molecule has 1 unspecified atom stereocenters. The Hall–Kier alpha value is -3.13. The lowest BCUT2D eigenvalue weighted by atomic mass is 10.0. The van der Waals surface area contributed by atoms with Gasteiger partial charge < -0.3 is 20.1 Å². The molecule has 0 spiro atoms. The maximum absolute atomic E-state index is 5.54. The maximum atomic E-state index is 5.54. The molecular formula is C22H27N3O2. The van der Waals surface area contributed by atoms with E-state index in [1.54, 1.807) is 14.2 Å². The van der Waals surface area contributed by atoms with Crippen LogP contribution >= 0.6 is 0 Å². The summed E-state index contributed by atoms with van der Waals surface area (Å²) in [6.07, 6.45) is 5.27. The molecule has 0 radical (unpaired) electrons. The van der Waals surface area contributed by atoms with Gasteiger partial charge >= 0.3 is 0 Å². The van der Waals surface area contributed by atoms with Crippen LogP contribution in [0.4, 0.5) is 0 Å². The van der Waals surface area contributed by atoms with E-state index in [2.05, 4.69) is 52.7 Å². The van der Waals surface area contributed by atoms with Crippen LogP contribution in [0.15, 0.2) is 53.5 Å². The first-order valence-electron chi connectivity index (χ1n) is 8.90. The van der Waals surface area contributed by atoms with Gasteiger partial charge in [-0.25, -0.2) is 0 Å². The fourth-order valence-corrected chi connectivity index (χ4v) is 2.62. The number of nitrogens with one attached hydrogen (secondary N) is 2. The number of terminal acetylenes is 1. The third-order valence-corrected chi connectivity index (χ3v) is 4.17. The van der Waals surface area contributed by atoms with E-state index in [1.165, 1.54) is 5.56 Å². The van der Waals surface area contributed by atoms with Crippen molar-refractivity contribution in [3.63, 3.8) is 0 Å². The average Bonchev–Trinajstić information content (AvgIpc) is 2.72. The predicted octanol–water partition coefficient (Wildman–Crippen LogP) is 3.18. The van der Waals surface area contributed by atoms with Crippen molar-refractivity contribution in [2.75, 3.05) is 27.3 Å². The molecule has 2 rings (SSSR count). The summed E-state index contributed by atoms with van der Waals surface area (Å²) in [6.45, 7) is 3.79. The smallest absolute Gasteiger partial charge is 0.191 e. The highest BCUT2D eigenvalue weighted by atomic mass is 16.5. The van der Waals surface area contributed by atoms with E-state index in [9.17, 15) is 0 Å². The molecule has 0 saturated carbocycles.